The molecule has 0 fully saturated rings. The van der Waals surface area contributed by atoms with Crippen LogP contribution in [0.3, 0.4) is 0 Å². The maximum atomic E-state index is 4.16. The van der Waals surface area contributed by atoms with Gasteiger partial charge in [0, 0.05) is 31.2 Å². The number of rotatable bonds is 3. The highest BCUT2D eigenvalue weighted by atomic mass is 15.2. The van der Waals surface area contributed by atoms with Crippen LogP contribution in [0, 0.1) is 0 Å². The fraction of sp³-hybridized carbons (Fsp3) is 0.111. The van der Waals surface area contributed by atoms with Gasteiger partial charge < -0.3 is 0 Å². The van der Waals surface area contributed by atoms with Crippen molar-refractivity contribution in [2.24, 2.45) is 12.0 Å². The molecule has 0 aromatic carbocycles. The van der Waals surface area contributed by atoms with Gasteiger partial charge in [0.05, 0.1) is 5.69 Å². The van der Waals surface area contributed by atoms with Crippen LogP contribution in [0.5, 0.6) is 0 Å². The second kappa shape index (κ2) is 3.67. The van der Waals surface area contributed by atoms with Crippen LogP contribution >= 0.6 is 0 Å². The van der Waals surface area contributed by atoms with Crippen molar-refractivity contribution in [2.75, 3.05) is 0 Å². The summed E-state index contributed by atoms with van der Waals surface area (Å²) in [5.41, 5.74) is 1.62. The van der Waals surface area contributed by atoms with Gasteiger partial charge in [0.2, 0.25) is 0 Å². The third kappa shape index (κ3) is 1.92. The average Bonchev–Trinajstić information content (AvgIpc) is 2.47. The molecule has 3 heteroatoms. The van der Waals surface area contributed by atoms with Crippen molar-refractivity contribution in [2.45, 2.75) is 0 Å². The Bertz CT molecular complexity index is 320. The van der Waals surface area contributed by atoms with Crippen LogP contribution in [0.2, 0.25) is 0 Å². The molecule has 1 aromatic rings. The van der Waals surface area contributed by atoms with E-state index in [1.165, 1.54) is 6.20 Å². The van der Waals surface area contributed by atoms with Crippen LogP contribution in [0.4, 0.5) is 0 Å². The Morgan fingerprint density at radius 3 is 3.00 bits per heavy atom. The molecule has 0 aliphatic carbocycles. The fourth-order valence-electron chi connectivity index (χ4n) is 0.795. The van der Waals surface area contributed by atoms with Crippen molar-refractivity contribution in [3.05, 3.63) is 37.3 Å². The SMILES string of the molecule is C=CN=CC(=C)c1ccn(C)n1. The maximum Gasteiger partial charge on any atom is 0.0932 e. The van der Waals surface area contributed by atoms with E-state index in [1.807, 2.05) is 19.3 Å². The first kappa shape index (κ1) is 8.46. The third-order valence-corrected chi connectivity index (χ3v) is 1.38. The van der Waals surface area contributed by atoms with E-state index in [2.05, 4.69) is 23.2 Å². The van der Waals surface area contributed by atoms with Crippen molar-refractivity contribution in [1.29, 1.82) is 0 Å². The van der Waals surface area contributed by atoms with E-state index in [4.69, 9.17) is 0 Å². The Labute approximate surface area is 71.7 Å². The zero-order valence-electron chi connectivity index (χ0n) is 7.07. The molecule has 0 atom stereocenters. The molecule has 3 nitrogen and oxygen atoms in total. The predicted molar refractivity (Wildman–Crippen MR) is 50.9 cm³/mol. The number of allylic oxidation sites excluding steroid dienone is 1. The molecule has 0 aliphatic rings. The van der Waals surface area contributed by atoms with Gasteiger partial charge in [-0.15, -0.1) is 0 Å². The topological polar surface area (TPSA) is 30.2 Å². The van der Waals surface area contributed by atoms with Crippen molar-refractivity contribution < 1.29 is 0 Å². The molecule has 0 spiro atoms. The van der Waals surface area contributed by atoms with E-state index < -0.39 is 0 Å². The highest BCUT2D eigenvalue weighted by molar-refractivity contribution is 6.08. The van der Waals surface area contributed by atoms with Crippen LogP contribution in [-0.2, 0) is 7.05 Å². The molecular weight excluding hydrogens is 150 g/mol. The van der Waals surface area contributed by atoms with E-state index in [0.29, 0.717) is 0 Å². The Balaban J connectivity index is 2.78. The van der Waals surface area contributed by atoms with Crippen LogP contribution in [0.25, 0.3) is 5.57 Å². The quantitative estimate of drug-likeness (QED) is 0.620. The summed E-state index contributed by atoms with van der Waals surface area (Å²) in [7, 11) is 1.86. The lowest BCUT2D eigenvalue weighted by atomic mass is 10.2. The minimum absolute atomic E-state index is 0.788. The molecule has 0 bridgehead atoms. The van der Waals surface area contributed by atoms with Gasteiger partial charge in [0.1, 0.15) is 0 Å². The normalized spacial score (nSPS) is 10.4. The van der Waals surface area contributed by atoms with Gasteiger partial charge in [-0.25, -0.2) is 0 Å². The Morgan fingerprint density at radius 2 is 2.50 bits per heavy atom. The second-order valence-electron chi connectivity index (χ2n) is 2.36. The fourth-order valence-corrected chi connectivity index (χ4v) is 0.795. The summed E-state index contributed by atoms with van der Waals surface area (Å²) in [4.78, 5) is 3.85. The smallest absolute Gasteiger partial charge is 0.0932 e. The van der Waals surface area contributed by atoms with Gasteiger partial charge in [-0.2, -0.15) is 5.10 Å². The van der Waals surface area contributed by atoms with Crippen molar-refractivity contribution >= 4 is 11.8 Å². The van der Waals surface area contributed by atoms with Gasteiger partial charge >= 0.3 is 0 Å². The lowest BCUT2D eigenvalue weighted by Gasteiger charge is -1.90. The van der Waals surface area contributed by atoms with E-state index in [1.54, 1.807) is 10.9 Å². The van der Waals surface area contributed by atoms with Crippen LogP contribution in [0.1, 0.15) is 5.69 Å². The average molecular weight is 161 g/mol. The molecule has 0 saturated heterocycles. The summed E-state index contributed by atoms with van der Waals surface area (Å²) in [6, 6.07) is 1.89. The molecule has 1 rings (SSSR count). The zero-order chi connectivity index (χ0) is 8.97. The molecule has 1 aromatic heterocycles. The van der Waals surface area contributed by atoms with Gasteiger partial charge in [-0.3, -0.25) is 9.67 Å². The van der Waals surface area contributed by atoms with Crippen molar-refractivity contribution in [3.8, 4) is 0 Å². The molecule has 0 aliphatic heterocycles. The summed E-state index contributed by atoms with van der Waals surface area (Å²) in [6.07, 6.45) is 4.96. The first-order valence-electron chi connectivity index (χ1n) is 3.57. The maximum absolute atomic E-state index is 4.16. The first-order valence-corrected chi connectivity index (χ1v) is 3.57. The van der Waals surface area contributed by atoms with Gasteiger partial charge in [-0.1, -0.05) is 13.2 Å². The van der Waals surface area contributed by atoms with Gasteiger partial charge in [-0.05, 0) is 6.07 Å². The molecular formula is C9H11N3. The molecule has 12 heavy (non-hydrogen) atoms. The molecule has 0 unspecified atom stereocenters. The number of nitrogens with zero attached hydrogens (tertiary/aromatic N) is 3. The zero-order valence-corrected chi connectivity index (χ0v) is 7.07. The predicted octanol–water partition coefficient (Wildman–Crippen LogP) is 1.65. The van der Waals surface area contributed by atoms with Crippen molar-refractivity contribution in [3.63, 3.8) is 0 Å². The summed E-state index contributed by atoms with van der Waals surface area (Å²) in [5, 5.41) is 4.16. The number of aliphatic imine (C=N–C) groups is 1. The molecule has 0 N–H and O–H groups in total. The van der Waals surface area contributed by atoms with E-state index in [0.717, 1.165) is 11.3 Å². The lowest BCUT2D eigenvalue weighted by Crippen LogP contribution is -1.90. The molecule has 62 valence electrons. The van der Waals surface area contributed by atoms with Crippen LogP contribution in [-0.4, -0.2) is 16.0 Å². The number of aryl methyl sites for hydroxylation is 1. The van der Waals surface area contributed by atoms with Crippen molar-refractivity contribution in [1.82, 2.24) is 9.78 Å². The summed E-state index contributed by atoms with van der Waals surface area (Å²) in [6.45, 7) is 7.27. The molecule has 1 heterocycles. The largest absolute Gasteiger partial charge is 0.275 e. The highest BCUT2D eigenvalue weighted by Gasteiger charge is 1.97. The number of hydrogen-bond donors (Lipinski definition) is 0. The summed E-state index contributed by atoms with van der Waals surface area (Å²) in [5.74, 6) is 0. The Kier molecular flexibility index (Phi) is 2.58. The standard InChI is InChI=1S/C9H11N3/c1-4-10-7-8(2)9-5-6-12(3)11-9/h4-7H,1-2H2,3H3. The van der Waals surface area contributed by atoms with E-state index in [9.17, 15) is 0 Å². The van der Waals surface area contributed by atoms with Gasteiger partial charge in [0.25, 0.3) is 0 Å². The molecule has 0 saturated carbocycles. The first-order chi connectivity index (χ1) is 5.74. The number of aromatic nitrogens is 2. The molecule has 0 radical (unpaired) electrons. The third-order valence-electron chi connectivity index (χ3n) is 1.38. The minimum Gasteiger partial charge on any atom is -0.275 e. The number of hydrogen-bond acceptors (Lipinski definition) is 2. The minimum atomic E-state index is 0.788. The van der Waals surface area contributed by atoms with Gasteiger partial charge in [0.15, 0.2) is 0 Å². The molecule has 0 amide bonds. The van der Waals surface area contributed by atoms with Crippen LogP contribution in [0.15, 0.2) is 36.6 Å². The van der Waals surface area contributed by atoms with Crippen LogP contribution < -0.4 is 0 Å². The Hall–Kier alpha value is -1.64. The highest BCUT2D eigenvalue weighted by Crippen LogP contribution is 2.05. The lowest BCUT2D eigenvalue weighted by molar-refractivity contribution is 0.764. The monoisotopic (exact) mass is 161 g/mol. The summed E-state index contributed by atoms with van der Waals surface area (Å²) >= 11 is 0. The summed E-state index contributed by atoms with van der Waals surface area (Å²) < 4.78 is 1.72. The van der Waals surface area contributed by atoms with E-state index in [-0.39, 0.29) is 0 Å². The Morgan fingerprint density at radius 1 is 1.75 bits per heavy atom. The van der Waals surface area contributed by atoms with E-state index >= 15 is 0 Å². The second-order valence-corrected chi connectivity index (χ2v) is 2.36.